The fourth-order valence-electron chi connectivity index (χ4n) is 3.15. The lowest BCUT2D eigenvalue weighted by atomic mass is 9.96. The first-order valence-electron chi connectivity index (χ1n) is 9.02. The first kappa shape index (κ1) is 18.9. The smallest absolute Gasteiger partial charge is 0.246 e. The van der Waals surface area contributed by atoms with E-state index in [1.807, 2.05) is 31.2 Å². The number of nitrogens with one attached hydrogen (secondary N) is 1. The fourth-order valence-corrected chi connectivity index (χ4v) is 4.55. The molecule has 26 heavy (non-hydrogen) atoms. The second kappa shape index (κ2) is 8.69. The summed E-state index contributed by atoms with van der Waals surface area (Å²) in [5.74, 6) is 0.115. The highest BCUT2D eigenvalue weighted by Crippen LogP contribution is 2.35. The summed E-state index contributed by atoms with van der Waals surface area (Å²) in [6, 6.07) is 7.95. The van der Waals surface area contributed by atoms with Crippen molar-refractivity contribution < 1.29 is 9.59 Å². The average Bonchev–Trinajstić information content (AvgIpc) is 3.00. The number of likely N-dealkylation sites (tertiary alicyclic amines) is 1. The van der Waals surface area contributed by atoms with Gasteiger partial charge in [-0.25, -0.2) is 0 Å². The maximum Gasteiger partial charge on any atom is 0.246 e. The Morgan fingerprint density at radius 2 is 2.04 bits per heavy atom. The number of nitrogens with zero attached hydrogens (tertiary/aromatic N) is 1. The molecule has 0 radical (unpaired) electrons. The SMILES string of the molecule is CCCNC(=O)C1CCN(C(=O)/C=C/c2sc3ccccc3c2Cl)CC1. The molecule has 1 aliphatic rings. The van der Waals surface area contributed by atoms with Gasteiger partial charge in [0.25, 0.3) is 0 Å². The van der Waals surface area contributed by atoms with Crippen molar-refractivity contribution in [1.29, 1.82) is 0 Å². The van der Waals surface area contributed by atoms with Gasteiger partial charge in [0, 0.05) is 46.6 Å². The molecule has 1 aromatic heterocycles. The highest BCUT2D eigenvalue weighted by Gasteiger charge is 2.26. The summed E-state index contributed by atoms with van der Waals surface area (Å²) in [6.07, 6.45) is 5.77. The van der Waals surface area contributed by atoms with Crippen LogP contribution in [0, 0.1) is 5.92 Å². The van der Waals surface area contributed by atoms with Gasteiger partial charge in [-0.3, -0.25) is 9.59 Å². The molecule has 0 atom stereocenters. The summed E-state index contributed by atoms with van der Waals surface area (Å²) in [5.41, 5.74) is 0. The quantitative estimate of drug-likeness (QED) is 0.772. The topological polar surface area (TPSA) is 49.4 Å². The molecular formula is C20H23ClN2O2S. The highest BCUT2D eigenvalue weighted by atomic mass is 35.5. The number of benzene rings is 1. The van der Waals surface area contributed by atoms with Crippen molar-refractivity contribution >= 4 is 50.9 Å². The monoisotopic (exact) mass is 390 g/mol. The van der Waals surface area contributed by atoms with Crippen molar-refractivity contribution in [3.05, 3.63) is 40.2 Å². The summed E-state index contributed by atoms with van der Waals surface area (Å²) < 4.78 is 1.11. The van der Waals surface area contributed by atoms with Crippen molar-refractivity contribution in [3.8, 4) is 0 Å². The van der Waals surface area contributed by atoms with Gasteiger partial charge in [-0.2, -0.15) is 0 Å². The van der Waals surface area contributed by atoms with Crippen molar-refractivity contribution in [2.24, 2.45) is 5.92 Å². The number of hydrogen-bond acceptors (Lipinski definition) is 3. The van der Waals surface area contributed by atoms with Crippen LogP contribution in [0.15, 0.2) is 30.3 Å². The Morgan fingerprint density at radius 3 is 2.73 bits per heavy atom. The number of amides is 2. The molecule has 2 amide bonds. The van der Waals surface area contributed by atoms with Gasteiger partial charge >= 0.3 is 0 Å². The minimum Gasteiger partial charge on any atom is -0.356 e. The molecule has 1 fully saturated rings. The first-order valence-corrected chi connectivity index (χ1v) is 10.2. The van der Waals surface area contributed by atoms with Crippen LogP contribution in [0.5, 0.6) is 0 Å². The summed E-state index contributed by atoms with van der Waals surface area (Å²) in [5, 5.41) is 4.66. The van der Waals surface area contributed by atoms with Gasteiger partial charge in [0.1, 0.15) is 0 Å². The maximum absolute atomic E-state index is 12.4. The van der Waals surface area contributed by atoms with E-state index in [1.54, 1.807) is 28.4 Å². The summed E-state index contributed by atoms with van der Waals surface area (Å²) in [4.78, 5) is 27.2. The molecule has 2 aromatic rings. The van der Waals surface area contributed by atoms with Crippen LogP contribution < -0.4 is 5.32 Å². The molecule has 0 aliphatic carbocycles. The third kappa shape index (κ3) is 4.27. The summed E-state index contributed by atoms with van der Waals surface area (Å²) in [7, 11) is 0. The van der Waals surface area contributed by atoms with Gasteiger partial charge in [0.15, 0.2) is 0 Å². The Kier molecular flexibility index (Phi) is 6.33. The first-order chi connectivity index (χ1) is 12.6. The molecule has 0 bridgehead atoms. The number of thiophene rings is 1. The number of carbonyl (C=O) groups is 2. The predicted octanol–water partition coefficient (Wildman–Crippen LogP) is 4.33. The van der Waals surface area contributed by atoms with Crippen LogP contribution in [0.4, 0.5) is 0 Å². The van der Waals surface area contributed by atoms with E-state index in [0.29, 0.717) is 18.1 Å². The number of hydrogen-bond donors (Lipinski definition) is 1. The van der Waals surface area contributed by atoms with Crippen LogP contribution in [0.2, 0.25) is 5.02 Å². The lowest BCUT2D eigenvalue weighted by Gasteiger charge is -2.30. The number of piperidine rings is 1. The predicted molar refractivity (Wildman–Crippen MR) is 108 cm³/mol. The van der Waals surface area contributed by atoms with E-state index in [4.69, 9.17) is 11.6 Å². The van der Waals surface area contributed by atoms with E-state index in [1.165, 1.54) is 0 Å². The van der Waals surface area contributed by atoms with Crippen molar-refractivity contribution in [2.75, 3.05) is 19.6 Å². The second-order valence-corrected chi connectivity index (χ2v) is 7.96. The Morgan fingerprint density at radius 1 is 1.31 bits per heavy atom. The molecule has 0 spiro atoms. The molecule has 4 nitrogen and oxygen atoms in total. The molecule has 1 saturated heterocycles. The molecule has 1 N–H and O–H groups in total. The van der Waals surface area contributed by atoms with Gasteiger partial charge in [-0.05, 0) is 31.4 Å². The Hall–Kier alpha value is -1.85. The standard InChI is InChI=1S/C20H23ClN2O2S/c1-2-11-22-20(25)14-9-12-23(13-10-14)18(24)8-7-17-19(21)15-5-3-4-6-16(15)26-17/h3-8,14H,2,9-13H2,1H3,(H,22,25)/b8-7+. The van der Waals surface area contributed by atoms with Crippen molar-refractivity contribution in [2.45, 2.75) is 26.2 Å². The second-order valence-electron chi connectivity index (χ2n) is 6.50. The van der Waals surface area contributed by atoms with Gasteiger partial charge in [0.2, 0.25) is 11.8 Å². The molecule has 2 heterocycles. The molecular weight excluding hydrogens is 368 g/mol. The van der Waals surface area contributed by atoms with Crippen LogP contribution in [-0.2, 0) is 9.59 Å². The van der Waals surface area contributed by atoms with E-state index in [9.17, 15) is 9.59 Å². The number of halogens is 1. The van der Waals surface area contributed by atoms with E-state index in [-0.39, 0.29) is 17.7 Å². The van der Waals surface area contributed by atoms with E-state index in [0.717, 1.165) is 40.8 Å². The fraction of sp³-hybridized carbons (Fsp3) is 0.400. The van der Waals surface area contributed by atoms with Gasteiger partial charge in [0.05, 0.1) is 5.02 Å². The number of fused-ring (bicyclic) bond motifs is 1. The lowest BCUT2D eigenvalue weighted by molar-refractivity contribution is -0.132. The van der Waals surface area contributed by atoms with Crippen molar-refractivity contribution in [1.82, 2.24) is 10.2 Å². The molecule has 6 heteroatoms. The third-order valence-electron chi connectivity index (χ3n) is 4.66. The highest BCUT2D eigenvalue weighted by molar-refractivity contribution is 7.20. The van der Waals surface area contributed by atoms with E-state index in [2.05, 4.69) is 5.32 Å². The zero-order chi connectivity index (χ0) is 18.5. The average molecular weight is 391 g/mol. The number of rotatable bonds is 5. The van der Waals surface area contributed by atoms with Crippen LogP contribution in [0.25, 0.3) is 16.2 Å². The molecule has 3 rings (SSSR count). The Labute approximate surface area is 162 Å². The van der Waals surface area contributed by atoms with Gasteiger partial charge in [-0.15, -0.1) is 11.3 Å². The molecule has 0 unspecified atom stereocenters. The van der Waals surface area contributed by atoms with Crippen LogP contribution in [0.1, 0.15) is 31.1 Å². The van der Waals surface area contributed by atoms with Gasteiger partial charge < -0.3 is 10.2 Å². The minimum atomic E-state index is -0.0223. The molecule has 1 aromatic carbocycles. The maximum atomic E-state index is 12.4. The normalized spacial score (nSPS) is 15.7. The van der Waals surface area contributed by atoms with Crippen LogP contribution >= 0.6 is 22.9 Å². The van der Waals surface area contributed by atoms with E-state index < -0.39 is 0 Å². The molecule has 138 valence electrons. The molecule has 1 aliphatic heterocycles. The summed E-state index contributed by atoms with van der Waals surface area (Å²) >= 11 is 7.99. The van der Waals surface area contributed by atoms with E-state index >= 15 is 0 Å². The zero-order valence-electron chi connectivity index (χ0n) is 14.8. The minimum absolute atomic E-state index is 0.0200. The lowest BCUT2D eigenvalue weighted by Crippen LogP contribution is -2.42. The largest absolute Gasteiger partial charge is 0.356 e. The number of carbonyl (C=O) groups excluding carboxylic acids is 2. The zero-order valence-corrected chi connectivity index (χ0v) is 16.4. The Bertz CT molecular complexity index is 822. The molecule has 0 saturated carbocycles. The third-order valence-corrected chi connectivity index (χ3v) is 6.32. The van der Waals surface area contributed by atoms with Gasteiger partial charge in [-0.1, -0.05) is 36.7 Å². The van der Waals surface area contributed by atoms with Crippen LogP contribution in [0.3, 0.4) is 0 Å². The van der Waals surface area contributed by atoms with Crippen LogP contribution in [-0.4, -0.2) is 36.3 Å². The Balaban J connectivity index is 1.58. The van der Waals surface area contributed by atoms with Crippen molar-refractivity contribution in [3.63, 3.8) is 0 Å². The summed E-state index contributed by atoms with van der Waals surface area (Å²) in [6.45, 7) is 3.99.